The van der Waals surface area contributed by atoms with Gasteiger partial charge in [-0.15, -0.1) is 0 Å². The smallest absolute Gasteiger partial charge is 0.309 e. The molecule has 0 saturated carbocycles. The number of carbonyl (C=O) groups is 3. The lowest BCUT2D eigenvalue weighted by molar-refractivity contribution is -0.166. The highest BCUT2D eigenvalue weighted by molar-refractivity contribution is 5.72. The van der Waals surface area contributed by atoms with Crippen LogP contribution in [0.1, 0.15) is 181 Å². The van der Waals surface area contributed by atoms with E-state index in [1.54, 1.807) is 6.08 Å². The van der Waals surface area contributed by atoms with Gasteiger partial charge in [-0.05, 0) is 109 Å². The minimum atomic E-state index is -0.840. The Morgan fingerprint density at radius 1 is 0.339 bits per heavy atom. The maximum atomic E-state index is 12.7. The summed E-state index contributed by atoms with van der Waals surface area (Å²) in [6.45, 7) is 6.12. The third kappa shape index (κ3) is 46.6. The van der Waals surface area contributed by atoms with Crippen LogP contribution >= 0.6 is 0 Å². The molecule has 6 nitrogen and oxygen atoms in total. The SMILES string of the molecule is CC/C=C\C/C=C\C/C=C\C/C=C\CCCCCCCCC(=O)OCC(COC(=O)C/C=C\C/C=C\C/C=C\CC)OC(=O)CCCCC/C=C\C/C=C\C/C=C\C/C=C\CC. The van der Waals surface area contributed by atoms with E-state index in [9.17, 15) is 14.4 Å². The predicted octanol–water partition coefficient (Wildman–Crippen LogP) is 15.9. The Balaban J connectivity index is 4.49. The van der Waals surface area contributed by atoms with Gasteiger partial charge < -0.3 is 14.2 Å². The third-order valence-corrected chi connectivity index (χ3v) is 9.41. The molecule has 0 N–H and O–H groups in total. The number of rotatable bonds is 41. The van der Waals surface area contributed by atoms with Crippen LogP contribution in [-0.2, 0) is 28.6 Å². The van der Waals surface area contributed by atoms with E-state index in [-0.39, 0.29) is 38.0 Å². The van der Waals surface area contributed by atoms with Crippen LogP contribution in [0.5, 0.6) is 0 Å². The molecule has 0 aromatic rings. The summed E-state index contributed by atoms with van der Waals surface area (Å²) >= 11 is 0. The van der Waals surface area contributed by atoms with Gasteiger partial charge in [0.1, 0.15) is 13.2 Å². The molecule has 1 atom stereocenters. The Labute approximate surface area is 379 Å². The van der Waals surface area contributed by atoms with E-state index >= 15 is 0 Å². The quantitative estimate of drug-likeness (QED) is 0.0264. The molecule has 346 valence electrons. The molecule has 0 heterocycles. The van der Waals surface area contributed by atoms with Crippen molar-refractivity contribution in [2.75, 3.05) is 13.2 Å². The zero-order chi connectivity index (χ0) is 45.1. The highest BCUT2D eigenvalue weighted by Gasteiger charge is 2.19. The number of carbonyl (C=O) groups excluding carboxylic acids is 3. The molecule has 0 bridgehead atoms. The molecule has 0 radical (unpaired) electrons. The molecule has 1 unspecified atom stereocenters. The van der Waals surface area contributed by atoms with E-state index in [2.05, 4.69) is 142 Å². The van der Waals surface area contributed by atoms with E-state index in [4.69, 9.17) is 14.2 Å². The van der Waals surface area contributed by atoms with Crippen molar-refractivity contribution < 1.29 is 28.6 Å². The van der Waals surface area contributed by atoms with Crippen molar-refractivity contribution in [2.24, 2.45) is 0 Å². The summed E-state index contributed by atoms with van der Waals surface area (Å²) in [6.07, 6.45) is 69.0. The monoisotopic (exact) mass is 855 g/mol. The van der Waals surface area contributed by atoms with Gasteiger partial charge in [-0.25, -0.2) is 0 Å². The van der Waals surface area contributed by atoms with Crippen molar-refractivity contribution in [3.8, 4) is 0 Å². The Morgan fingerprint density at radius 2 is 0.645 bits per heavy atom. The lowest BCUT2D eigenvalue weighted by atomic mass is 10.1. The zero-order valence-electron chi connectivity index (χ0n) is 39.3. The summed E-state index contributed by atoms with van der Waals surface area (Å²) in [5.41, 5.74) is 0. The average Bonchev–Trinajstić information content (AvgIpc) is 3.27. The summed E-state index contributed by atoms with van der Waals surface area (Å²) < 4.78 is 16.6. The zero-order valence-corrected chi connectivity index (χ0v) is 39.3. The first-order valence-electron chi connectivity index (χ1n) is 24.2. The van der Waals surface area contributed by atoms with E-state index in [0.29, 0.717) is 12.8 Å². The van der Waals surface area contributed by atoms with Gasteiger partial charge in [0.2, 0.25) is 0 Å². The Morgan fingerprint density at radius 3 is 1.06 bits per heavy atom. The number of ether oxygens (including phenoxy) is 3. The number of allylic oxidation sites excluding steroid dienone is 21. The van der Waals surface area contributed by atoms with Crippen molar-refractivity contribution in [2.45, 2.75) is 187 Å². The van der Waals surface area contributed by atoms with Crippen molar-refractivity contribution in [1.82, 2.24) is 0 Å². The molecule has 0 aliphatic heterocycles. The Hall–Kier alpha value is -4.45. The summed E-state index contributed by atoms with van der Waals surface area (Å²) in [5.74, 6) is -1.12. The molecule has 0 aliphatic carbocycles. The summed E-state index contributed by atoms with van der Waals surface area (Å²) in [5, 5.41) is 0. The van der Waals surface area contributed by atoms with Gasteiger partial charge in [-0.3, -0.25) is 14.4 Å². The van der Waals surface area contributed by atoms with Crippen LogP contribution in [0, 0.1) is 0 Å². The van der Waals surface area contributed by atoms with Gasteiger partial charge in [0.25, 0.3) is 0 Å². The highest BCUT2D eigenvalue weighted by atomic mass is 16.6. The largest absolute Gasteiger partial charge is 0.462 e. The van der Waals surface area contributed by atoms with Crippen LogP contribution in [0.3, 0.4) is 0 Å². The van der Waals surface area contributed by atoms with Gasteiger partial charge in [-0.2, -0.15) is 0 Å². The molecule has 0 aliphatic rings. The van der Waals surface area contributed by atoms with Gasteiger partial charge in [0.15, 0.2) is 6.10 Å². The fourth-order valence-corrected chi connectivity index (χ4v) is 5.89. The molecule has 0 rings (SSSR count). The summed E-state index contributed by atoms with van der Waals surface area (Å²) in [6, 6.07) is 0. The standard InChI is InChI=1S/C56H86O6/c1-4-7-10-13-16-19-21-23-25-27-28-29-31-32-34-37-40-43-46-49-55(58)61-52-53(51-60-54(57)48-45-42-39-36-18-15-12-9-6-3)62-56(59)50-47-44-41-38-35-33-30-26-24-22-20-17-14-11-8-5-2/h7-12,16-20,23-26,28-29,33,35-36,42,45,53H,4-6,13-15,21-22,27,30-32,34,37-41,43-44,46-52H2,1-3H3/b10-7-,11-8-,12-9-,19-16-,20-17-,25-23-,26-24-,29-28-,35-33-,36-18-,45-42-. The molecule has 0 aromatic carbocycles. The second-order valence-electron chi connectivity index (χ2n) is 15.2. The topological polar surface area (TPSA) is 78.9 Å². The number of unbranched alkanes of at least 4 members (excludes halogenated alkanes) is 9. The van der Waals surface area contributed by atoms with Crippen molar-refractivity contribution >= 4 is 17.9 Å². The number of esters is 3. The van der Waals surface area contributed by atoms with Crippen LogP contribution in [0.4, 0.5) is 0 Å². The molecule has 6 heteroatoms. The fraction of sp³-hybridized carbons (Fsp3) is 0.554. The molecule has 62 heavy (non-hydrogen) atoms. The molecule has 0 amide bonds. The van der Waals surface area contributed by atoms with Crippen LogP contribution in [0.25, 0.3) is 0 Å². The van der Waals surface area contributed by atoms with E-state index in [1.165, 1.54) is 12.8 Å². The molecular weight excluding hydrogens is 769 g/mol. The molecule has 0 aromatic heterocycles. The lowest BCUT2D eigenvalue weighted by Gasteiger charge is -2.18. The first-order chi connectivity index (χ1) is 30.5. The van der Waals surface area contributed by atoms with E-state index in [0.717, 1.165) is 122 Å². The van der Waals surface area contributed by atoms with Crippen LogP contribution in [0.2, 0.25) is 0 Å². The number of hydrogen-bond donors (Lipinski definition) is 0. The van der Waals surface area contributed by atoms with Crippen molar-refractivity contribution in [1.29, 1.82) is 0 Å². The van der Waals surface area contributed by atoms with Crippen LogP contribution < -0.4 is 0 Å². The van der Waals surface area contributed by atoms with Gasteiger partial charge in [-0.1, -0.05) is 187 Å². The molecule has 0 spiro atoms. The van der Waals surface area contributed by atoms with E-state index < -0.39 is 12.1 Å². The van der Waals surface area contributed by atoms with Crippen molar-refractivity contribution in [3.63, 3.8) is 0 Å². The Kier molecular flexibility index (Phi) is 45.7. The van der Waals surface area contributed by atoms with E-state index in [1.807, 2.05) is 6.08 Å². The summed E-state index contributed by atoms with van der Waals surface area (Å²) in [7, 11) is 0. The molecule has 0 saturated heterocycles. The normalized spacial score (nSPS) is 13.3. The van der Waals surface area contributed by atoms with Gasteiger partial charge in [0, 0.05) is 12.8 Å². The highest BCUT2D eigenvalue weighted by Crippen LogP contribution is 2.12. The second-order valence-corrected chi connectivity index (χ2v) is 15.2. The fourth-order valence-electron chi connectivity index (χ4n) is 5.89. The minimum absolute atomic E-state index is 0.119. The lowest BCUT2D eigenvalue weighted by Crippen LogP contribution is -2.30. The summed E-state index contributed by atoms with van der Waals surface area (Å²) in [4.78, 5) is 37.8. The van der Waals surface area contributed by atoms with Crippen LogP contribution in [-0.4, -0.2) is 37.2 Å². The third-order valence-electron chi connectivity index (χ3n) is 9.41. The van der Waals surface area contributed by atoms with Crippen molar-refractivity contribution in [3.05, 3.63) is 134 Å². The maximum Gasteiger partial charge on any atom is 0.309 e. The van der Waals surface area contributed by atoms with Crippen LogP contribution in [0.15, 0.2) is 134 Å². The molecule has 0 fully saturated rings. The second kappa shape index (κ2) is 49.2. The van der Waals surface area contributed by atoms with Gasteiger partial charge >= 0.3 is 17.9 Å². The predicted molar refractivity (Wildman–Crippen MR) is 265 cm³/mol. The molecular formula is C56H86O6. The Bertz CT molecular complexity index is 1400. The van der Waals surface area contributed by atoms with Gasteiger partial charge in [0.05, 0.1) is 6.42 Å². The maximum absolute atomic E-state index is 12.7. The number of hydrogen-bond acceptors (Lipinski definition) is 6. The first-order valence-corrected chi connectivity index (χ1v) is 24.2. The minimum Gasteiger partial charge on any atom is -0.462 e. The average molecular weight is 855 g/mol. The first kappa shape index (κ1) is 57.5.